The Morgan fingerprint density at radius 3 is 2.64 bits per heavy atom. The van der Waals surface area contributed by atoms with Crippen molar-refractivity contribution in [2.45, 2.75) is 19.4 Å². The molecule has 2 nitrogen and oxygen atoms in total. The molecule has 1 atom stereocenters. The van der Waals surface area contributed by atoms with Crippen LogP contribution < -0.4 is 5.32 Å². The molecular weight excluding hydrogens is 198 g/mol. The molecule has 0 radical (unpaired) electrons. The largest absolute Gasteiger partial charge is 0.350 e. The first-order chi connectivity index (χ1) is 6.74. The Morgan fingerprint density at radius 1 is 1.43 bits per heavy atom. The van der Waals surface area contributed by atoms with Crippen LogP contribution in [0.3, 0.4) is 0 Å². The van der Waals surface area contributed by atoms with E-state index in [2.05, 4.69) is 5.32 Å². The van der Waals surface area contributed by atoms with Crippen molar-refractivity contribution in [2.75, 3.05) is 5.88 Å². The maximum Gasteiger partial charge on any atom is 0.221 e. The highest BCUT2D eigenvalue weighted by Gasteiger charge is 2.07. The van der Waals surface area contributed by atoms with Crippen LogP contribution in [0.15, 0.2) is 30.3 Å². The molecule has 0 aliphatic rings. The van der Waals surface area contributed by atoms with Crippen LogP contribution >= 0.6 is 11.6 Å². The van der Waals surface area contributed by atoms with Gasteiger partial charge in [0.1, 0.15) is 0 Å². The third-order valence-electron chi connectivity index (χ3n) is 2.00. The van der Waals surface area contributed by atoms with Gasteiger partial charge in [0.05, 0.1) is 6.04 Å². The second kappa shape index (κ2) is 5.66. The lowest BCUT2D eigenvalue weighted by atomic mass is 10.1. The zero-order valence-electron chi connectivity index (χ0n) is 8.16. The van der Waals surface area contributed by atoms with Gasteiger partial charge in [-0.2, -0.15) is 0 Å². The van der Waals surface area contributed by atoms with E-state index in [1.807, 2.05) is 37.3 Å². The number of carbonyl (C=O) groups excluding carboxylic acids is 1. The fraction of sp³-hybridized carbons (Fsp3) is 0.364. The van der Waals surface area contributed by atoms with Crippen molar-refractivity contribution in [3.63, 3.8) is 0 Å². The topological polar surface area (TPSA) is 29.1 Å². The van der Waals surface area contributed by atoms with Gasteiger partial charge >= 0.3 is 0 Å². The van der Waals surface area contributed by atoms with Gasteiger partial charge in [-0.25, -0.2) is 0 Å². The molecule has 0 aliphatic heterocycles. The molecule has 0 aliphatic carbocycles. The van der Waals surface area contributed by atoms with E-state index in [0.29, 0.717) is 12.3 Å². The van der Waals surface area contributed by atoms with Crippen LogP contribution in [-0.4, -0.2) is 11.8 Å². The smallest absolute Gasteiger partial charge is 0.221 e. The summed E-state index contributed by atoms with van der Waals surface area (Å²) in [5.74, 6) is 0.365. The Kier molecular flexibility index (Phi) is 4.47. The normalized spacial score (nSPS) is 12.1. The Morgan fingerprint density at radius 2 is 2.07 bits per heavy atom. The monoisotopic (exact) mass is 211 g/mol. The molecule has 76 valence electrons. The molecule has 0 saturated heterocycles. The van der Waals surface area contributed by atoms with E-state index in [1.165, 1.54) is 0 Å². The third kappa shape index (κ3) is 3.38. The van der Waals surface area contributed by atoms with E-state index in [9.17, 15) is 4.79 Å². The van der Waals surface area contributed by atoms with Gasteiger partial charge in [0, 0.05) is 12.3 Å². The minimum absolute atomic E-state index is 0.00338. The zero-order chi connectivity index (χ0) is 10.4. The van der Waals surface area contributed by atoms with Crippen LogP contribution in [0.4, 0.5) is 0 Å². The Hall–Kier alpha value is -1.02. The molecule has 0 unspecified atom stereocenters. The summed E-state index contributed by atoms with van der Waals surface area (Å²) in [5, 5.41) is 2.87. The molecule has 0 aromatic heterocycles. The van der Waals surface area contributed by atoms with Crippen LogP contribution in [0.2, 0.25) is 0 Å². The average molecular weight is 212 g/mol. The molecule has 1 rings (SSSR count). The Bertz CT molecular complexity index is 287. The summed E-state index contributed by atoms with van der Waals surface area (Å²) in [6, 6.07) is 9.90. The van der Waals surface area contributed by atoms with E-state index in [1.54, 1.807) is 0 Å². The highest BCUT2D eigenvalue weighted by molar-refractivity contribution is 6.18. The maximum atomic E-state index is 11.2. The molecule has 3 heteroatoms. The van der Waals surface area contributed by atoms with Crippen LogP contribution in [0.5, 0.6) is 0 Å². The number of halogens is 1. The van der Waals surface area contributed by atoms with E-state index < -0.39 is 0 Å². The molecule has 0 heterocycles. The number of hydrogen-bond acceptors (Lipinski definition) is 1. The second-order valence-electron chi connectivity index (χ2n) is 3.14. The molecule has 14 heavy (non-hydrogen) atoms. The number of amides is 1. The highest BCUT2D eigenvalue weighted by Crippen LogP contribution is 2.10. The fourth-order valence-electron chi connectivity index (χ4n) is 1.22. The van der Waals surface area contributed by atoms with E-state index in [-0.39, 0.29) is 11.9 Å². The van der Waals surface area contributed by atoms with Crippen LogP contribution in [-0.2, 0) is 4.79 Å². The number of carbonyl (C=O) groups is 1. The van der Waals surface area contributed by atoms with Crippen LogP contribution in [0.25, 0.3) is 0 Å². The standard InChI is InChI=1S/C11H14ClNO/c1-9(13-11(14)7-8-12)10-5-3-2-4-6-10/h2-6,9H,7-8H2,1H3,(H,13,14)/t9-/m0/s1. The number of alkyl halides is 1. The van der Waals surface area contributed by atoms with Crippen LogP contribution in [0, 0.1) is 0 Å². The quantitative estimate of drug-likeness (QED) is 0.762. The predicted octanol–water partition coefficient (Wildman–Crippen LogP) is 2.49. The van der Waals surface area contributed by atoms with Crippen molar-refractivity contribution in [3.05, 3.63) is 35.9 Å². The van der Waals surface area contributed by atoms with Gasteiger partial charge in [0.15, 0.2) is 0 Å². The van der Waals surface area contributed by atoms with Gasteiger partial charge < -0.3 is 5.32 Å². The van der Waals surface area contributed by atoms with Crippen molar-refractivity contribution in [1.82, 2.24) is 5.32 Å². The van der Waals surface area contributed by atoms with Gasteiger partial charge in [0.2, 0.25) is 5.91 Å². The maximum absolute atomic E-state index is 11.2. The summed E-state index contributed by atoms with van der Waals surface area (Å²) in [6.45, 7) is 1.96. The molecule has 0 spiro atoms. The molecule has 1 aromatic carbocycles. The minimum Gasteiger partial charge on any atom is -0.350 e. The first-order valence-electron chi connectivity index (χ1n) is 4.64. The van der Waals surface area contributed by atoms with Crippen molar-refractivity contribution in [2.24, 2.45) is 0 Å². The summed E-state index contributed by atoms with van der Waals surface area (Å²) < 4.78 is 0. The van der Waals surface area contributed by atoms with E-state index in [4.69, 9.17) is 11.6 Å². The Labute approximate surface area is 89.3 Å². The SMILES string of the molecule is C[C@H](NC(=O)CCCl)c1ccccc1. The fourth-order valence-corrected chi connectivity index (χ4v) is 1.40. The molecule has 0 saturated carbocycles. The first-order valence-corrected chi connectivity index (χ1v) is 5.17. The summed E-state index contributed by atoms with van der Waals surface area (Å²) >= 11 is 5.47. The molecule has 0 bridgehead atoms. The van der Waals surface area contributed by atoms with Gasteiger partial charge in [0.25, 0.3) is 0 Å². The van der Waals surface area contributed by atoms with Gasteiger partial charge in [-0.1, -0.05) is 30.3 Å². The summed E-state index contributed by atoms with van der Waals surface area (Å²) in [6.07, 6.45) is 0.374. The highest BCUT2D eigenvalue weighted by atomic mass is 35.5. The van der Waals surface area contributed by atoms with Crippen molar-refractivity contribution < 1.29 is 4.79 Å². The zero-order valence-corrected chi connectivity index (χ0v) is 8.92. The molecule has 1 amide bonds. The lowest BCUT2D eigenvalue weighted by Gasteiger charge is -2.13. The van der Waals surface area contributed by atoms with Gasteiger partial charge in [-0.15, -0.1) is 11.6 Å². The lowest BCUT2D eigenvalue weighted by molar-refractivity contribution is -0.121. The number of rotatable bonds is 4. The lowest BCUT2D eigenvalue weighted by Crippen LogP contribution is -2.26. The van der Waals surface area contributed by atoms with Crippen molar-refractivity contribution >= 4 is 17.5 Å². The van der Waals surface area contributed by atoms with Crippen LogP contribution in [0.1, 0.15) is 24.9 Å². The summed E-state index contributed by atoms with van der Waals surface area (Å²) in [7, 11) is 0. The molecule has 1 aromatic rings. The second-order valence-corrected chi connectivity index (χ2v) is 3.52. The number of hydrogen-bond donors (Lipinski definition) is 1. The van der Waals surface area contributed by atoms with E-state index >= 15 is 0 Å². The predicted molar refractivity (Wildman–Crippen MR) is 58.3 cm³/mol. The van der Waals surface area contributed by atoms with Crippen molar-refractivity contribution in [1.29, 1.82) is 0 Å². The van der Waals surface area contributed by atoms with Crippen molar-refractivity contribution in [3.8, 4) is 0 Å². The first kappa shape index (κ1) is 11.1. The molecular formula is C11H14ClNO. The summed E-state index contributed by atoms with van der Waals surface area (Å²) in [4.78, 5) is 11.2. The molecule has 0 fully saturated rings. The third-order valence-corrected chi connectivity index (χ3v) is 2.19. The Balaban J connectivity index is 2.50. The van der Waals surface area contributed by atoms with Gasteiger partial charge in [-0.3, -0.25) is 4.79 Å². The summed E-state index contributed by atoms with van der Waals surface area (Å²) in [5.41, 5.74) is 1.11. The van der Waals surface area contributed by atoms with Gasteiger partial charge in [-0.05, 0) is 12.5 Å². The number of benzene rings is 1. The minimum atomic E-state index is -0.00338. The van der Waals surface area contributed by atoms with E-state index in [0.717, 1.165) is 5.56 Å². The average Bonchev–Trinajstić information content (AvgIpc) is 2.19. The number of nitrogens with one attached hydrogen (secondary N) is 1. The molecule has 1 N–H and O–H groups in total.